The van der Waals surface area contributed by atoms with Crippen LogP contribution < -0.4 is 15.0 Å². The fourth-order valence-corrected chi connectivity index (χ4v) is 4.68. The summed E-state index contributed by atoms with van der Waals surface area (Å²) in [6.07, 6.45) is 0.502. The Morgan fingerprint density at radius 3 is 2.58 bits per heavy atom. The Balaban J connectivity index is 1.57. The highest BCUT2D eigenvalue weighted by Gasteiger charge is 2.20. The van der Waals surface area contributed by atoms with Crippen molar-refractivity contribution in [3.05, 3.63) is 86.6 Å². The third-order valence-electron chi connectivity index (χ3n) is 5.97. The summed E-state index contributed by atoms with van der Waals surface area (Å²) in [4.78, 5) is 30.2. The maximum absolute atomic E-state index is 13.5. The molecule has 0 aliphatic rings. The molecule has 0 saturated carbocycles. The molecule has 0 radical (unpaired) electrons. The number of fused-ring (bicyclic) bond motifs is 2. The zero-order valence-electron chi connectivity index (χ0n) is 21.7. The van der Waals surface area contributed by atoms with Gasteiger partial charge in [0.25, 0.3) is 5.56 Å². The molecule has 0 amide bonds. The maximum Gasteiger partial charge on any atom is 0.347 e. The van der Waals surface area contributed by atoms with Crippen molar-refractivity contribution in [2.75, 3.05) is 13.7 Å². The number of rotatable bonds is 8. The van der Waals surface area contributed by atoms with E-state index in [2.05, 4.69) is 10.1 Å². The number of hydrogen-bond acceptors (Lipinski definition) is 8. The van der Waals surface area contributed by atoms with Crippen LogP contribution in [0.25, 0.3) is 33.5 Å². The van der Waals surface area contributed by atoms with Crippen LogP contribution in [-0.2, 0) is 9.53 Å². The smallest absolute Gasteiger partial charge is 0.347 e. The number of carbonyl (C=O) groups excluding carboxylic acids is 1. The van der Waals surface area contributed by atoms with E-state index >= 15 is 0 Å². The number of esters is 1. The number of furan rings is 1. The van der Waals surface area contributed by atoms with Gasteiger partial charge in [-0.15, -0.1) is 0 Å². The van der Waals surface area contributed by atoms with Gasteiger partial charge in [0.1, 0.15) is 11.3 Å². The minimum absolute atomic E-state index is 0.127. The molecule has 5 aromatic rings. The maximum atomic E-state index is 13.5. The summed E-state index contributed by atoms with van der Waals surface area (Å²) in [6.45, 7) is 3.45. The average Bonchev–Trinajstić information content (AvgIpc) is 3.39. The molecule has 0 fully saturated rings. The Labute approximate surface area is 238 Å². The lowest BCUT2D eigenvalue weighted by Crippen LogP contribution is -2.26. The van der Waals surface area contributed by atoms with Gasteiger partial charge in [0, 0.05) is 0 Å². The monoisotopic (exact) mass is 579 g/mol. The first kappa shape index (κ1) is 27.2. The van der Waals surface area contributed by atoms with E-state index in [0.717, 1.165) is 10.1 Å². The molecular formula is C29H23Cl2N3O6. The van der Waals surface area contributed by atoms with Gasteiger partial charge in [0.05, 0.1) is 46.3 Å². The van der Waals surface area contributed by atoms with Gasteiger partial charge < -0.3 is 18.6 Å². The summed E-state index contributed by atoms with van der Waals surface area (Å²) in [5.74, 6) is 0.724. The molecule has 0 aliphatic carbocycles. The van der Waals surface area contributed by atoms with Crippen LogP contribution in [0.1, 0.15) is 19.4 Å². The van der Waals surface area contributed by atoms with Crippen LogP contribution in [0.3, 0.4) is 0 Å². The second-order valence-electron chi connectivity index (χ2n) is 8.62. The molecule has 3 aromatic carbocycles. The number of aromatic nitrogens is 2. The van der Waals surface area contributed by atoms with E-state index in [9.17, 15) is 9.59 Å². The van der Waals surface area contributed by atoms with E-state index in [-0.39, 0.29) is 28.2 Å². The molecular weight excluding hydrogens is 557 g/mol. The Hall–Kier alpha value is -4.34. The highest BCUT2D eigenvalue weighted by Crippen LogP contribution is 2.35. The zero-order valence-corrected chi connectivity index (χ0v) is 23.2. The van der Waals surface area contributed by atoms with Crippen LogP contribution in [0.5, 0.6) is 11.5 Å². The van der Waals surface area contributed by atoms with Crippen molar-refractivity contribution in [1.29, 1.82) is 0 Å². The molecule has 0 saturated heterocycles. The molecule has 0 aliphatic heterocycles. The van der Waals surface area contributed by atoms with Crippen molar-refractivity contribution in [3.63, 3.8) is 0 Å². The summed E-state index contributed by atoms with van der Waals surface area (Å²) in [7, 11) is 1.57. The summed E-state index contributed by atoms with van der Waals surface area (Å²) >= 11 is 12.8. The molecule has 0 unspecified atom stereocenters. The lowest BCUT2D eigenvalue weighted by Gasteiger charge is -2.16. The first-order chi connectivity index (χ1) is 19.3. The van der Waals surface area contributed by atoms with Crippen molar-refractivity contribution in [2.45, 2.75) is 20.0 Å². The van der Waals surface area contributed by atoms with Crippen LogP contribution in [0.2, 0.25) is 10.0 Å². The van der Waals surface area contributed by atoms with Crippen LogP contribution in [0.15, 0.2) is 75.0 Å². The van der Waals surface area contributed by atoms with Crippen molar-refractivity contribution < 1.29 is 23.4 Å². The molecule has 9 nitrogen and oxygen atoms in total. The molecule has 204 valence electrons. The number of para-hydroxylation sites is 1. The lowest BCUT2D eigenvalue weighted by atomic mass is 10.2. The highest BCUT2D eigenvalue weighted by molar-refractivity contribution is 6.37. The van der Waals surface area contributed by atoms with E-state index in [1.54, 1.807) is 62.6 Å². The van der Waals surface area contributed by atoms with E-state index in [1.165, 1.54) is 13.1 Å². The van der Waals surface area contributed by atoms with Gasteiger partial charge >= 0.3 is 5.97 Å². The normalized spacial score (nSPS) is 12.2. The number of benzene rings is 3. The predicted molar refractivity (Wildman–Crippen MR) is 154 cm³/mol. The van der Waals surface area contributed by atoms with E-state index in [1.807, 2.05) is 12.1 Å². The summed E-state index contributed by atoms with van der Waals surface area (Å²) in [6, 6.07) is 17.2. The van der Waals surface area contributed by atoms with Gasteiger partial charge in [-0.3, -0.25) is 4.79 Å². The van der Waals surface area contributed by atoms with Crippen molar-refractivity contribution >= 4 is 57.3 Å². The van der Waals surface area contributed by atoms with Gasteiger partial charge in [-0.05, 0) is 61.9 Å². The van der Waals surface area contributed by atoms with Crippen molar-refractivity contribution in [2.24, 2.45) is 5.10 Å². The summed E-state index contributed by atoms with van der Waals surface area (Å²) in [5.41, 5.74) is 1.14. The lowest BCUT2D eigenvalue weighted by molar-refractivity contribution is -0.150. The fraction of sp³-hybridized carbons (Fsp3) is 0.172. The minimum atomic E-state index is -0.915. The molecule has 40 heavy (non-hydrogen) atoms. The number of halogens is 2. The second-order valence-corrected chi connectivity index (χ2v) is 9.44. The van der Waals surface area contributed by atoms with Crippen LogP contribution in [0.4, 0.5) is 0 Å². The SMILES string of the molecule is CCOC(=O)[C@@H](C)Oc1c(Cl)cc(C=Nn2c(-c3cc4c(OC)cccc4o3)nc3ccccc3c2=O)cc1Cl. The third kappa shape index (κ3) is 5.25. The first-order valence-electron chi connectivity index (χ1n) is 12.3. The Morgan fingerprint density at radius 1 is 1.10 bits per heavy atom. The molecule has 2 heterocycles. The van der Waals surface area contributed by atoms with Gasteiger partial charge in [0.2, 0.25) is 5.82 Å². The standard InChI is InChI=1S/C29H23Cl2N3O6/c1-4-38-29(36)16(2)39-26-20(30)12-17(13-21(26)31)15-32-34-27(33-22-9-6-5-8-18(22)28(34)35)25-14-19-23(37-3)10-7-11-24(19)40-25/h5-16H,4H2,1-3H3/t16-/m1/s1. The van der Waals surface area contributed by atoms with Gasteiger partial charge in [-0.2, -0.15) is 9.78 Å². The molecule has 0 N–H and O–H groups in total. The second kappa shape index (κ2) is 11.4. The number of hydrogen-bond donors (Lipinski definition) is 0. The van der Waals surface area contributed by atoms with Crippen molar-refractivity contribution in [3.8, 4) is 23.1 Å². The van der Waals surface area contributed by atoms with E-state index in [4.69, 9.17) is 41.8 Å². The highest BCUT2D eigenvalue weighted by atomic mass is 35.5. The Bertz CT molecular complexity index is 1810. The Kier molecular flexibility index (Phi) is 7.77. The third-order valence-corrected chi connectivity index (χ3v) is 6.53. The largest absolute Gasteiger partial charge is 0.496 e. The molecule has 2 aromatic heterocycles. The molecule has 1 atom stereocenters. The number of carbonyl (C=O) groups is 1. The number of methoxy groups -OCH3 is 1. The zero-order chi connectivity index (χ0) is 28.4. The average molecular weight is 580 g/mol. The first-order valence-corrected chi connectivity index (χ1v) is 13.0. The van der Waals surface area contributed by atoms with Crippen molar-refractivity contribution in [1.82, 2.24) is 9.66 Å². The number of nitrogens with zero attached hydrogens (tertiary/aromatic N) is 3. The number of ether oxygens (including phenoxy) is 3. The fourth-order valence-electron chi connectivity index (χ4n) is 4.09. The molecule has 11 heteroatoms. The van der Waals surface area contributed by atoms with Gasteiger partial charge in [-0.1, -0.05) is 41.4 Å². The summed E-state index contributed by atoms with van der Waals surface area (Å²) in [5, 5.41) is 5.84. The van der Waals surface area contributed by atoms with Crippen LogP contribution >= 0.6 is 23.2 Å². The van der Waals surface area contributed by atoms with Gasteiger partial charge in [-0.25, -0.2) is 9.78 Å². The molecule has 0 bridgehead atoms. The van der Waals surface area contributed by atoms with E-state index in [0.29, 0.717) is 33.6 Å². The summed E-state index contributed by atoms with van der Waals surface area (Å²) < 4.78 is 23.2. The topological polar surface area (TPSA) is 105 Å². The quantitative estimate of drug-likeness (QED) is 0.156. The molecule has 5 rings (SSSR count). The van der Waals surface area contributed by atoms with E-state index < -0.39 is 17.6 Å². The minimum Gasteiger partial charge on any atom is -0.496 e. The van der Waals surface area contributed by atoms with Crippen LogP contribution in [-0.4, -0.2) is 41.7 Å². The predicted octanol–water partition coefficient (Wildman–Crippen LogP) is 6.34. The van der Waals surface area contributed by atoms with Crippen LogP contribution in [0, 0.1) is 0 Å². The Morgan fingerprint density at radius 2 is 1.85 bits per heavy atom. The molecule has 0 spiro atoms. The van der Waals surface area contributed by atoms with Gasteiger partial charge in [0.15, 0.2) is 17.6 Å².